The fourth-order valence-electron chi connectivity index (χ4n) is 3.19. The third kappa shape index (κ3) is 3.35. The van der Waals surface area contributed by atoms with Crippen LogP contribution in [0, 0.1) is 0 Å². The summed E-state index contributed by atoms with van der Waals surface area (Å²) >= 11 is 7.85. The summed E-state index contributed by atoms with van der Waals surface area (Å²) < 4.78 is 16.7. The SMILES string of the molecule is Clc1cc(NCc2cccc3ccccc23)sc1Oc1ccc2c(c1)OCO2. The highest BCUT2D eigenvalue weighted by Gasteiger charge is 2.16. The van der Waals surface area contributed by atoms with Gasteiger partial charge in [-0.25, -0.2) is 0 Å². The van der Waals surface area contributed by atoms with Crippen molar-refractivity contribution < 1.29 is 14.2 Å². The average molecular weight is 410 g/mol. The third-order valence-electron chi connectivity index (χ3n) is 4.54. The molecule has 0 aliphatic carbocycles. The van der Waals surface area contributed by atoms with Gasteiger partial charge < -0.3 is 19.5 Å². The lowest BCUT2D eigenvalue weighted by molar-refractivity contribution is 0.174. The first-order valence-corrected chi connectivity index (χ1v) is 10.0. The van der Waals surface area contributed by atoms with E-state index in [4.69, 9.17) is 25.8 Å². The van der Waals surface area contributed by atoms with Crippen LogP contribution < -0.4 is 19.5 Å². The molecule has 0 fully saturated rings. The number of hydrogen-bond acceptors (Lipinski definition) is 5. The number of thiophene rings is 1. The first-order chi connectivity index (χ1) is 13.8. The first kappa shape index (κ1) is 17.2. The number of nitrogens with one attached hydrogen (secondary N) is 1. The Morgan fingerprint density at radius 1 is 0.964 bits per heavy atom. The molecule has 2 heterocycles. The summed E-state index contributed by atoms with van der Waals surface area (Å²) in [6.45, 7) is 0.947. The monoisotopic (exact) mass is 409 g/mol. The van der Waals surface area contributed by atoms with Gasteiger partial charge in [0.2, 0.25) is 11.9 Å². The number of ether oxygens (including phenoxy) is 3. The first-order valence-electron chi connectivity index (χ1n) is 8.83. The summed E-state index contributed by atoms with van der Waals surface area (Å²) in [7, 11) is 0. The second-order valence-electron chi connectivity index (χ2n) is 6.36. The predicted octanol–water partition coefficient (Wildman–Crippen LogP) is 6.69. The number of hydrogen-bond donors (Lipinski definition) is 1. The quantitative estimate of drug-likeness (QED) is 0.398. The van der Waals surface area contributed by atoms with Crippen LogP contribution in [0.3, 0.4) is 0 Å². The smallest absolute Gasteiger partial charge is 0.231 e. The Labute approximate surface area is 171 Å². The van der Waals surface area contributed by atoms with Gasteiger partial charge >= 0.3 is 0 Å². The minimum atomic E-state index is 0.237. The number of benzene rings is 3. The zero-order valence-electron chi connectivity index (χ0n) is 14.8. The maximum absolute atomic E-state index is 6.38. The molecule has 0 unspecified atom stereocenters. The molecule has 0 spiro atoms. The molecule has 4 aromatic rings. The number of halogens is 1. The zero-order valence-corrected chi connectivity index (χ0v) is 16.3. The predicted molar refractivity (Wildman–Crippen MR) is 113 cm³/mol. The number of anilines is 1. The van der Waals surface area contributed by atoms with E-state index in [-0.39, 0.29) is 6.79 Å². The summed E-state index contributed by atoms with van der Waals surface area (Å²) in [5, 5.41) is 8.10. The van der Waals surface area contributed by atoms with Crippen molar-refractivity contribution in [3.63, 3.8) is 0 Å². The molecule has 0 radical (unpaired) electrons. The summed E-state index contributed by atoms with van der Waals surface area (Å²) in [4.78, 5) is 0. The zero-order chi connectivity index (χ0) is 18.9. The van der Waals surface area contributed by atoms with E-state index in [0.29, 0.717) is 28.1 Å². The normalized spacial score (nSPS) is 12.3. The van der Waals surface area contributed by atoms with Gasteiger partial charge in [0, 0.05) is 12.6 Å². The van der Waals surface area contributed by atoms with Gasteiger partial charge in [0.15, 0.2) is 11.5 Å². The molecule has 0 atom stereocenters. The van der Waals surface area contributed by atoms with Crippen LogP contribution in [0.15, 0.2) is 66.7 Å². The lowest BCUT2D eigenvalue weighted by atomic mass is 10.0. The molecule has 28 heavy (non-hydrogen) atoms. The molecule has 6 heteroatoms. The lowest BCUT2D eigenvalue weighted by Crippen LogP contribution is -1.98. The van der Waals surface area contributed by atoms with Gasteiger partial charge in [-0.1, -0.05) is 65.4 Å². The van der Waals surface area contributed by atoms with E-state index in [1.807, 2.05) is 24.3 Å². The molecule has 1 N–H and O–H groups in total. The topological polar surface area (TPSA) is 39.7 Å². The molecule has 1 aliphatic heterocycles. The maximum atomic E-state index is 6.38. The van der Waals surface area contributed by atoms with Gasteiger partial charge in [-0.3, -0.25) is 0 Å². The number of rotatable bonds is 5. The molecule has 0 saturated carbocycles. The van der Waals surface area contributed by atoms with Crippen molar-refractivity contribution in [3.8, 4) is 22.3 Å². The largest absolute Gasteiger partial charge is 0.454 e. The molecule has 4 nitrogen and oxygen atoms in total. The van der Waals surface area contributed by atoms with E-state index in [9.17, 15) is 0 Å². The molecule has 0 amide bonds. The van der Waals surface area contributed by atoms with Crippen LogP contribution in [0.4, 0.5) is 5.00 Å². The summed E-state index contributed by atoms with van der Waals surface area (Å²) in [5.41, 5.74) is 1.24. The van der Waals surface area contributed by atoms with E-state index in [0.717, 1.165) is 10.8 Å². The molecule has 140 valence electrons. The van der Waals surface area contributed by atoms with Crippen LogP contribution in [0.1, 0.15) is 5.56 Å². The van der Waals surface area contributed by atoms with Crippen molar-refractivity contribution in [3.05, 3.63) is 77.3 Å². The minimum absolute atomic E-state index is 0.237. The van der Waals surface area contributed by atoms with Crippen LogP contribution in [0.2, 0.25) is 5.02 Å². The van der Waals surface area contributed by atoms with Crippen molar-refractivity contribution >= 4 is 38.7 Å². The Kier molecular flexibility index (Phi) is 4.47. The summed E-state index contributed by atoms with van der Waals surface area (Å²) in [5.74, 6) is 2.06. The Hall–Kier alpha value is -2.89. The second-order valence-corrected chi connectivity index (χ2v) is 7.78. The van der Waals surface area contributed by atoms with Crippen molar-refractivity contribution in [2.45, 2.75) is 6.54 Å². The molecule has 1 aromatic heterocycles. The van der Waals surface area contributed by atoms with E-state index < -0.39 is 0 Å². The Morgan fingerprint density at radius 3 is 2.79 bits per heavy atom. The minimum Gasteiger partial charge on any atom is -0.454 e. The van der Waals surface area contributed by atoms with Gasteiger partial charge in [-0.2, -0.15) is 0 Å². The van der Waals surface area contributed by atoms with Gasteiger partial charge in [-0.15, -0.1) is 0 Å². The van der Waals surface area contributed by atoms with Crippen molar-refractivity contribution in [1.82, 2.24) is 0 Å². The van der Waals surface area contributed by atoms with E-state index in [1.54, 1.807) is 0 Å². The molecular weight excluding hydrogens is 394 g/mol. The van der Waals surface area contributed by atoms with Gasteiger partial charge in [-0.05, 0) is 34.5 Å². The maximum Gasteiger partial charge on any atom is 0.231 e. The van der Waals surface area contributed by atoms with Gasteiger partial charge in [0.25, 0.3) is 0 Å². The molecule has 5 rings (SSSR count). The standard InChI is InChI=1S/C22H16ClNO3S/c23-18-11-21(24-12-15-6-3-5-14-4-1-2-7-17(14)15)28-22(18)27-16-8-9-19-20(10-16)26-13-25-19/h1-11,24H,12-13H2. The molecular formula is C22H16ClNO3S. The van der Waals surface area contributed by atoms with Crippen molar-refractivity contribution in [1.29, 1.82) is 0 Å². The number of fused-ring (bicyclic) bond motifs is 2. The van der Waals surface area contributed by atoms with Gasteiger partial charge in [0.1, 0.15) is 5.75 Å². The van der Waals surface area contributed by atoms with Crippen molar-refractivity contribution in [2.75, 3.05) is 12.1 Å². The Morgan fingerprint density at radius 2 is 1.82 bits per heavy atom. The van der Waals surface area contributed by atoms with Crippen LogP contribution >= 0.6 is 22.9 Å². The second kappa shape index (κ2) is 7.26. The van der Waals surface area contributed by atoms with E-state index in [1.165, 1.54) is 27.7 Å². The summed E-state index contributed by atoms with van der Waals surface area (Å²) in [6, 6.07) is 22.1. The molecule has 1 aliphatic rings. The van der Waals surface area contributed by atoms with Gasteiger partial charge in [0.05, 0.1) is 10.0 Å². The van der Waals surface area contributed by atoms with Crippen LogP contribution in [-0.4, -0.2) is 6.79 Å². The van der Waals surface area contributed by atoms with E-state index >= 15 is 0 Å². The van der Waals surface area contributed by atoms with Crippen LogP contribution in [-0.2, 0) is 6.54 Å². The third-order valence-corrected chi connectivity index (χ3v) is 5.91. The van der Waals surface area contributed by atoms with E-state index in [2.05, 4.69) is 47.8 Å². The summed E-state index contributed by atoms with van der Waals surface area (Å²) in [6.07, 6.45) is 0. The van der Waals surface area contributed by atoms with Crippen LogP contribution in [0.25, 0.3) is 10.8 Å². The Bertz CT molecular complexity index is 1150. The fraction of sp³-hybridized carbons (Fsp3) is 0.0909. The van der Waals surface area contributed by atoms with Crippen LogP contribution in [0.5, 0.6) is 22.3 Å². The van der Waals surface area contributed by atoms with Crippen molar-refractivity contribution in [2.24, 2.45) is 0 Å². The average Bonchev–Trinajstić information content (AvgIpc) is 3.32. The fourth-order valence-corrected chi connectivity index (χ4v) is 4.33. The molecule has 0 saturated heterocycles. The Balaban J connectivity index is 1.32. The molecule has 0 bridgehead atoms. The molecule has 3 aromatic carbocycles. The highest BCUT2D eigenvalue weighted by molar-refractivity contribution is 7.18. The lowest BCUT2D eigenvalue weighted by Gasteiger charge is -2.08. The highest BCUT2D eigenvalue weighted by Crippen LogP contribution is 2.43. The highest BCUT2D eigenvalue weighted by atomic mass is 35.5.